The first kappa shape index (κ1) is 7.96. The fourth-order valence-corrected chi connectivity index (χ4v) is 5.79. The minimum atomic E-state index is 0.975. The SMILES string of the molecule is CC1C2C=CC1C1C3CCC(C3C)C21. The Kier molecular flexibility index (Phi) is 1.30. The van der Waals surface area contributed by atoms with Gasteiger partial charge in [-0.15, -0.1) is 0 Å². The van der Waals surface area contributed by atoms with Gasteiger partial charge in [-0.1, -0.05) is 26.0 Å². The topological polar surface area (TPSA) is 0 Å². The van der Waals surface area contributed by atoms with Gasteiger partial charge in [0.25, 0.3) is 0 Å². The standard InChI is InChI=1S/C14H20/c1-7-9-3-4-10(7)14-12-6-5-11(8(12)2)13(9)14/h3-4,7-14H,5-6H2,1-2H3. The molecule has 14 heavy (non-hydrogen) atoms. The Bertz CT molecular complexity index is 275. The summed E-state index contributed by atoms with van der Waals surface area (Å²) < 4.78 is 0. The number of rotatable bonds is 0. The zero-order valence-electron chi connectivity index (χ0n) is 9.19. The lowest BCUT2D eigenvalue weighted by Crippen LogP contribution is -2.25. The molecule has 6 atom stereocenters. The van der Waals surface area contributed by atoms with Crippen LogP contribution in [0, 0.1) is 47.3 Å². The second-order valence-corrected chi connectivity index (χ2v) is 6.32. The van der Waals surface area contributed by atoms with Gasteiger partial charge in [-0.25, -0.2) is 0 Å². The third-order valence-corrected chi connectivity index (χ3v) is 6.28. The summed E-state index contributed by atoms with van der Waals surface area (Å²) in [5, 5.41) is 0. The van der Waals surface area contributed by atoms with Crippen LogP contribution in [0.5, 0.6) is 0 Å². The van der Waals surface area contributed by atoms with Crippen molar-refractivity contribution < 1.29 is 0 Å². The third kappa shape index (κ3) is 0.647. The highest BCUT2D eigenvalue weighted by Gasteiger charge is 2.63. The van der Waals surface area contributed by atoms with Crippen molar-refractivity contribution in [2.75, 3.05) is 0 Å². The zero-order chi connectivity index (χ0) is 9.45. The van der Waals surface area contributed by atoms with Crippen LogP contribution in [0.1, 0.15) is 26.7 Å². The fraction of sp³-hybridized carbons (Fsp3) is 0.857. The van der Waals surface area contributed by atoms with Crippen molar-refractivity contribution in [2.24, 2.45) is 47.3 Å². The molecule has 0 aliphatic heterocycles. The Labute approximate surface area is 86.8 Å². The molecule has 4 bridgehead atoms. The zero-order valence-corrected chi connectivity index (χ0v) is 9.19. The second kappa shape index (κ2) is 2.28. The van der Waals surface area contributed by atoms with Crippen molar-refractivity contribution >= 4 is 0 Å². The van der Waals surface area contributed by atoms with E-state index in [9.17, 15) is 0 Å². The van der Waals surface area contributed by atoms with Crippen LogP contribution in [0.3, 0.4) is 0 Å². The summed E-state index contributed by atoms with van der Waals surface area (Å²) in [6.07, 6.45) is 8.22. The molecule has 0 saturated heterocycles. The normalized spacial score (nSPS) is 67.9. The molecule has 0 aromatic heterocycles. The molecule has 0 radical (unpaired) electrons. The van der Waals surface area contributed by atoms with Gasteiger partial charge in [0.2, 0.25) is 0 Å². The molecule has 0 nitrogen and oxygen atoms in total. The van der Waals surface area contributed by atoms with Crippen LogP contribution in [-0.2, 0) is 0 Å². The van der Waals surface area contributed by atoms with E-state index in [4.69, 9.17) is 0 Å². The largest absolute Gasteiger partial charge is 0.0845 e. The van der Waals surface area contributed by atoms with Crippen molar-refractivity contribution in [3.8, 4) is 0 Å². The first-order chi connectivity index (χ1) is 6.79. The van der Waals surface area contributed by atoms with E-state index in [-0.39, 0.29) is 0 Å². The van der Waals surface area contributed by atoms with Gasteiger partial charge in [-0.2, -0.15) is 0 Å². The molecule has 0 aromatic carbocycles. The highest BCUT2D eigenvalue weighted by atomic mass is 14.7. The predicted octanol–water partition coefficient (Wildman–Crippen LogP) is 3.35. The smallest absolute Gasteiger partial charge is 0.0168 e. The summed E-state index contributed by atoms with van der Waals surface area (Å²) in [7, 11) is 0. The Morgan fingerprint density at radius 2 is 1.29 bits per heavy atom. The summed E-state index contributed by atoms with van der Waals surface area (Å²) >= 11 is 0. The first-order valence-corrected chi connectivity index (χ1v) is 6.47. The number of allylic oxidation sites excluding steroid dienone is 2. The van der Waals surface area contributed by atoms with Gasteiger partial charge in [0.15, 0.2) is 0 Å². The first-order valence-electron chi connectivity index (χ1n) is 6.47. The molecule has 4 aliphatic rings. The minimum Gasteiger partial charge on any atom is -0.0845 e. The van der Waals surface area contributed by atoms with Gasteiger partial charge >= 0.3 is 0 Å². The van der Waals surface area contributed by atoms with E-state index in [1.54, 1.807) is 12.8 Å². The minimum absolute atomic E-state index is 0.975. The van der Waals surface area contributed by atoms with E-state index in [0.717, 1.165) is 47.3 Å². The van der Waals surface area contributed by atoms with E-state index in [1.165, 1.54) is 0 Å². The maximum atomic E-state index is 2.56. The molecule has 0 heterocycles. The summed E-state index contributed by atoms with van der Waals surface area (Å²) in [5.41, 5.74) is 0. The quantitative estimate of drug-likeness (QED) is 0.404. The molecular weight excluding hydrogens is 168 g/mol. The maximum Gasteiger partial charge on any atom is -0.0168 e. The van der Waals surface area contributed by atoms with E-state index in [0.29, 0.717) is 0 Å². The van der Waals surface area contributed by atoms with Gasteiger partial charge in [0, 0.05) is 0 Å². The van der Waals surface area contributed by atoms with Crippen molar-refractivity contribution in [1.82, 2.24) is 0 Å². The highest BCUT2D eigenvalue weighted by Crippen LogP contribution is 2.68. The monoisotopic (exact) mass is 188 g/mol. The lowest BCUT2D eigenvalue weighted by Gasteiger charge is -2.31. The number of hydrogen-bond donors (Lipinski definition) is 0. The Morgan fingerprint density at radius 1 is 0.786 bits per heavy atom. The summed E-state index contributed by atoms with van der Waals surface area (Å²) in [4.78, 5) is 0. The van der Waals surface area contributed by atoms with Gasteiger partial charge in [-0.3, -0.25) is 0 Å². The van der Waals surface area contributed by atoms with Crippen molar-refractivity contribution in [1.29, 1.82) is 0 Å². The van der Waals surface area contributed by atoms with E-state index < -0.39 is 0 Å². The average molecular weight is 188 g/mol. The average Bonchev–Trinajstić information content (AvgIpc) is 2.87. The second-order valence-electron chi connectivity index (χ2n) is 6.32. The molecule has 6 unspecified atom stereocenters. The van der Waals surface area contributed by atoms with Crippen LogP contribution < -0.4 is 0 Å². The molecule has 0 heteroatoms. The molecule has 3 fully saturated rings. The van der Waals surface area contributed by atoms with Crippen LogP contribution in [0.2, 0.25) is 0 Å². The molecule has 0 amide bonds. The summed E-state index contributed by atoms with van der Waals surface area (Å²) in [6.45, 7) is 5.03. The van der Waals surface area contributed by atoms with Crippen LogP contribution in [-0.4, -0.2) is 0 Å². The molecule has 0 aromatic rings. The van der Waals surface area contributed by atoms with Crippen molar-refractivity contribution in [2.45, 2.75) is 26.7 Å². The Balaban J connectivity index is 1.81. The molecule has 0 spiro atoms. The fourth-order valence-electron chi connectivity index (χ4n) is 5.79. The molecule has 0 N–H and O–H groups in total. The number of hydrogen-bond acceptors (Lipinski definition) is 0. The molecule has 3 saturated carbocycles. The maximum absolute atomic E-state index is 2.56. The highest BCUT2D eigenvalue weighted by molar-refractivity contribution is 5.22. The Morgan fingerprint density at radius 3 is 1.79 bits per heavy atom. The van der Waals surface area contributed by atoms with Gasteiger partial charge in [-0.05, 0) is 60.2 Å². The van der Waals surface area contributed by atoms with Gasteiger partial charge in [0.1, 0.15) is 0 Å². The molecule has 76 valence electrons. The van der Waals surface area contributed by atoms with Gasteiger partial charge < -0.3 is 0 Å². The number of fused-ring (bicyclic) bond motifs is 9. The van der Waals surface area contributed by atoms with Crippen LogP contribution >= 0.6 is 0 Å². The van der Waals surface area contributed by atoms with Crippen LogP contribution in [0.4, 0.5) is 0 Å². The van der Waals surface area contributed by atoms with Crippen LogP contribution in [0.15, 0.2) is 12.2 Å². The lowest BCUT2D eigenvalue weighted by atomic mass is 9.73. The van der Waals surface area contributed by atoms with E-state index >= 15 is 0 Å². The van der Waals surface area contributed by atoms with E-state index in [2.05, 4.69) is 26.0 Å². The van der Waals surface area contributed by atoms with Crippen LogP contribution in [0.25, 0.3) is 0 Å². The lowest BCUT2D eigenvalue weighted by molar-refractivity contribution is 0.206. The van der Waals surface area contributed by atoms with E-state index in [1.807, 2.05) is 0 Å². The van der Waals surface area contributed by atoms with Crippen molar-refractivity contribution in [3.63, 3.8) is 0 Å². The van der Waals surface area contributed by atoms with Gasteiger partial charge in [0.05, 0.1) is 0 Å². The molecular formula is C14H20. The molecule has 4 aliphatic carbocycles. The summed E-state index contributed by atoms with van der Waals surface area (Å²) in [6, 6.07) is 0. The summed E-state index contributed by atoms with van der Waals surface area (Å²) in [5.74, 6) is 8.41. The molecule has 4 rings (SSSR count). The third-order valence-electron chi connectivity index (χ3n) is 6.28. The Hall–Kier alpha value is -0.260. The predicted molar refractivity (Wildman–Crippen MR) is 57.6 cm³/mol. The van der Waals surface area contributed by atoms with Crippen molar-refractivity contribution in [3.05, 3.63) is 12.2 Å².